The van der Waals surface area contributed by atoms with E-state index in [1.54, 1.807) is 6.92 Å². The first-order chi connectivity index (χ1) is 8.28. The number of benzene rings is 1. The van der Waals surface area contributed by atoms with Crippen molar-refractivity contribution < 1.29 is 18.3 Å². The Morgan fingerprint density at radius 2 is 2.17 bits per heavy atom. The third-order valence-corrected chi connectivity index (χ3v) is 6.19. The average molecular weight is 292 g/mol. The number of aromatic hydroxyl groups is 1. The largest absolute Gasteiger partial charge is 0.506 e. The Kier molecular flexibility index (Phi) is 3.21. The molecule has 1 heterocycles. The molecule has 0 saturated carbocycles. The molecule has 100 valence electrons. The Balaban J connectivity index is 2.61. The second-order valence-electron chi connectivity index (χ2n) is 4.61. The van der Waals surface area contributed by atoms with Crippen LogP contribution in [0.4, 0.5) is 5.69 Å². The molecule has 0 aliphatic carbocycles. The molecule has 1 aliphatic rings. The number of rotatable bonds is 2. The molecule has 0 aromatic heterocycles. The van der Waals surface area contributed by atoms with Crippen LogP contribution in [0.3, 0.4) is 0 Å². The summed E-state index contributed by atoms with van der Waals surface area (Å²) in [7, 11) is -3.71. The highest BCUT2D eigenvalue weighted by Crippen LogP contribution is 2.40. The van der Waals surface area contributed by atoms with Gasteiger partial charge < -0.3 is 15.6 Å². The van der Waals surface area contributed by atoms with Crippen LogP contribution in [0.5, 0.6) is 5.75 Å². The highest BCUT2D eigenvalue weighted by Gasteiger charge is 2.45. The van der Waals surface area contributed by atoms with E-state index in [-0.39, 0.29) is 28.0 Å². The van der Waals surface area contributed by atoms with Crippen LogP contribution in [-0.2, 0) is 14.6 Å². The molecule has 3 N–H and O–H groups in total. The van der Waals surface area contributed by atoms with Gasteiger partial charge in [0, 0.05) is 18.4 Å². The molecule has 0 radical (unpaired) electrons. The summed E-state index contributed by atoms with van der Waals surface area (Å²) in [6, 6.07) is 2.48. The molecule has 1 fully saturated rings. The third-order valence-electron chi connectivity index (χ3n) is 3.16. The first-order valence-corrected chi connectivity index (χ1v) is 7.24. The summed E-state index contributed by atoms with van der Waals surface area (Å²) in [6.45, 7) is 2.11. The van der Waals surface area contributed by atoms with E-state index in [1.165, 1.54) is 12.1 Å². The number of anilines is 1. The fourth-order valence-corrected chi connectivity index (χ4v) is 4.09. The molecule has 1 atom stereocenters. The number of hydrogen-bond acceptors (Lipinski definition) is 5. The molecule has 1 aromatic carbocycles. The van der Waals surface area contributed by atoms with Crippen molar-refractivity contribution in [3.05, 3.63) is 17.2 Å². The van der Waals surface area contributed by atoms with E-state index in [0.717, 1.165) is 0 Å². The van der Waals surface area contributed by atoms with E-state index >= 15 is 0 Å². The quantitative estimate of drug-likeness (QED) is 0.808. The molecule has 1 saturated heterocycles. The number of nitrogen functional groups attached to an aromatic ring is 1. The second-order valence-corrected chi connectivity index (χ2v) is 7.42. The Morgan fingerprint density at radius 1 is 1.50 bits per heavy atom. The predicted molar refractivity (Wildman–Crippen MR) is 68.6 cm³/mol. The van der Waals surface area contributed by atoms with Crippen molar-refractivity contribution >= 4 is 27.1 Å². The number of phenols is 1. The zero-order valence-electron chi connectivity index (χ0n) is 9.81. The maximum atomic E-state index is 12.6. The highest BCUT2D eigenvalue weighted by atomic mass is 35.5. The van der Waals surface area contributed by atoms with Crippen molar-refractivity contribution in [3.63, 3.8) is 0 Å². The second kappa shape index (κ2) is 4.29. The van der Waals surface area contributed by atoms with Crippen LogP contribution in [-0.4, -0.2) is 31.5 Å². The molecule has 1 aliphatic heterocycles. The number of sulfone groups is 1. The molecular weight excluding hydrogens is 278 g/mol. The first-order valence-electron chi connectivity index (χ1n) is 5.38. The minimum absolute atomic E-state index is 0.112. The van der Waals surface area contributed by atoms with Gasteiger partial charge in [-0.2, -0.15) is 0 Å². The summed E-state index contributed by atoms with van der Waals surface area (Å²) in [5.74, 6) is -0.335. The van der Waals surface area contributed by atoms with Crippen LogP contribution in [0.25, 0.3) is 0 Å². The molecule has 2 rings (SSSR count). The molecule has 0 amide bonds. The van der Waals surface area contributed by atoms with Gasteiger partial charge in [-0.15, -0.1) is 0 Å². The summed E-state index contributed by atoms with van der Waals surface area (Å²) in [4.78, 5) is -0.144. The Labute approximate surface area is 110 Å². The molecule has 5 nitrogen and oxygen atoms in total. The fraction of sp³-hybridized carbons (Fsp3) is 0.455. The van der Waals surface area contributed by atoms with Crippen LogP contribution in [0, 0.1) is 0 Å². The number of phenolic OH excluding ortho intramolecular Hbond substituents is 1. The van der Waals surface area contributed by atoms with Crippen LogP contribution in [0.2, 0.25) is 5.02 Å². The van der Waals surface area contributed by atoms with Gasteiger partial charge in [0.05, 0.1) is 16.2 Å². The van der Waals surface area contributed by atoms with Crippen LogP contribution >= 0.6 is 11.6 Å². The standard InChI is InChI=1S/C11H14ClNO4S/c1-11(2-3-17-6-11)18(15,16)9-5-7(13)4-8(14)10(9)12/h4-5,14H,2-3,6,13H2,1H3/t11-/m0/s1. The lowest BCUT2D eigenvalue weighted by Gasteiger charge is -2.23. The molecule has 0 bridgehead atoms. The molecule has 0 unspecified atom stereocenters. The van der Waals surface area contributed by atoms with Crippen molar-refractivity contribution in [2.75, 3.05) is 18.9 Å². The van der Waals surface area contributed by atoms with Gasteiger partial charge in [0.25, 0.3) is 0 Å². The van der Waals surface area contributed by atoms with Crippen LogP contribution < -0.4 is 5.73 Å². The lowest BCUT2D eigenvalue weighted by Crippen LogP contribution is -2.36. The molecule has 1 aromatic rings. The van der Waals surface area contributed by atoms with Gasteiger partial charge in [0.2, 0.25) is 0 Å². The van der Waals surface area contributed by atoms with E-state index in [4.69, 9.17) is 22.1 Å². The number of hydrogen-bond donors (Lipinski definition) is 2. The van der Waals surface area contributed by atoms with Gasteiger partial charge in [0.1, 0.15) is 10.8 Å². The van der Waals surface area contributed by atoms with Gasteiger partial charge >= 0.3 is 0 Å². The number of halogens is 1. The van der Waals surface area contributed by atoms with Gasteiger partial charge in [0.15, 0.2) is 9.84 Å². The topological polar surface area (TPSA) is 89.6 Å². The maximum absolute atomic E-state index is 12.6. The zero-order valence-corrected chi connectivity index (χ0v) is 11.4. The van der Waals surface area contributed by atoms with Gasteiger partial charge in [-0.25, -0.2) is 8.42 Å². The summed E-state index contributed by atoms with van der Waals surface area (Å²) < 4.78 is 29.2. The number of ether oxygens (including phenoxy) is 1. The SMILES string of the molecule is C[C@]1(S(=O)(=O)c2cc(N)cc(O)c2Cl)CCOC1. The van der Waals surface area contributed by atoms with Crippen molar-refractivity contribution in [2.24, 2.45) is 0 Å². The van der Waals surface area contributed by atoms with E-state index in [2.05, 4.69) is 0 Å². The lowest BCUT2D eigenvalue weighted by molar-refractivity contribution is 0.191. The summed E-state index contributed by atoms with van der Waals surface area (Å²) in [5.41, 5.74) is 5.70. The van der Waals surface area contributed by atoms with Crippen molar-refractivity contribution in [2.45, 2.75) is 23.0 Å². The van der Waals surface area contributed by atoms with E-state index in [0.29, 0.717) is 13.0 Å². The predicted octanol–water partition coefficient (Wildman–Crippen LogP) is 1.58. The minimum atomic E-state index is -3.71. The Bertz CT molecular complexity index is 579. The van der Waals surface area contributed by atoms with E-state index in [1.807, 2.05) is 0 Å². The minimum Gasteiger partial charge on any atom is -0.506 e. The van der Waals surface area contributed by atoms with Gasteiger partial charge in [-0.05, 0) is 19.4 Å². The monoisotopic (exact) mass is 291 g/mol. The zero-order chi connectivity index (χ0) is 13.6. The smallest absolute Gasteiger partial charge is 0.187 e. The van der Waals surface area contributed by atoms with Gasteiger partial charge in [-0.3, -0.25) is 0 Å². The number of nitrogens with two attached hydrogens (primary N) is 1. The summed E-state index contributed by atoms with van der Waals surface area (Å²) >= 11 is 5.86. The van der Waals surface area contributed by atoms with E-state index in [9.17, 15) is 13.5 Å². The molecule has 18 heavy (non-hydrogen) atoms. The summed E-state index contributed by atoms with van der Waals surface area (Å²) in [5, 5.41) is 9.37. The highest BCUT2D eigenvalue weighted by molar-refractivity contribution is 7.93. The average Bonchev–Trinajstić information content (AvgIpc) is 2.72. The molecule has 0 spiro atoms. The van der Waals surface area contributed by atoms with Crippen LogP contribution in [0.15, 0.2) is 17.0 Å². The molecular formula is C11H14ClNO4S. The van der Waals surface area contributed by atoms with E-state index < -0.39 is 14.6 Å². The first kappa shape index (κ1) is 13.5. The Morgan fingerprint density at radius 3 is 2.72 bits per heavy atom. The Hall–Kier alpha value is -0.980. The lowest BCUT2D eigenvalue weighted by atomic mass is 10.1. The maximum Gasteiger partial charge on any atom is 0.187 e. The summed E-state index contributed by atoms with van der Waals surface area (Å²) in [6.07, 6.45) is 0.390. The van der Waals surface area contributed by atoms with Crippen molar-refractivity contribution in [1.29, 1.82) is 0 Å². The van der Waals surface area contributed by atoms with Crippen molar-refractivity contribution in [3.8, 4) is 5.75 Å². The van der Waals surface area contributed by atoms with Crippen LogP contribution in [0.1, 0.15) is 13.3 Å². The fourth-order valence-electron chi connectivity index (χ4n) is 1.93. The van der Waals surface area contributed by atoms with Crippen molar-refractivity contribution in [1.82, 2.24) is 0 Å². The van der Waals surface area contributed by atoms with Gasteiger partial charge in [-0.1, -0.05) is 11.6 Å². The third kappa shape index (κ3) is 1.94. The molecule has 7 heteroatoms. The normalized spacial score (nSPS) is 24.3.